The molecule has 2 saturated carbocycles. The van der Waals surface area contributed by atoms with E-state index in [2.05, 4.69) is 15.2 Å². The summed E-state index contributed by atoms with van der Waals surface area (Å²) in [6.45, 7) is 2.88. The van der Waals surface area contributed by atoms with Crippen molar-refractivity contribution in [3.63, 3.8) is 0 Å². The first-order valence-corrected chi connectivity index (χ1v) is 9.14. The van der Waals surface area contributed by atoms with E-state index >= 15 is 0 Å². The molecule has 2 heterocycles. The van der Waals surface area contributed by atoms with Gasteiger partial charge in [-0.3, -0.25) is 4.79 Å². The van der Waals surface area contributed by atoms with Crippen LogP contribution in [-0.2, 0) is 18.4 Å². The largest absolute Gasteiger partial charge is 0.337 e. The molecule has 1 spiro atoms. The zero-order valence-corrected chi connectivity index (χ0v) is 14.1. The number of carbonyl (C=O) groups is 1. The SMILES string of the molecule is Cn1ccnc1CN(C(=O)CC1CCC1)[C@H]1CC12CCNCC2. The summed E-state index contributed by atoms with van der Waals surface area (Å²) in [5, 5.41) is 3.45. The summed E-state index contributed by atoms with van der Waals surface area (Å²) in [6.07, 6.45) is 11.9. The Labute approximate surface area is 138 Å². The molecular formula is C18H28N4O. The van der Waals surface area contributed by atoms with Crippen molar-refractivity contribution in [3.05, 3.63) is 18.2 Å². The Balaban J connectivity index is 1.49. The lowest BCUT2D eigenvalue weighted by Crippen LogP contribution is -2.40. The Morgan fingerprint density at radius 1 is 1.43 bits per heavy atom. The van der Waals surface area contributed by atoms with E-state index in [-0.39, 0.29) is 0 Å². The lowest BCUT2D eigenvalue weighted by atomic mass is 9.82. The summed E-state index contributed by atoms with van der Waals surface area (Å²) < 4.78 is 2.04. The molecule has 5 heteroatoms. The van der Waals surface area contributed by atoms with Crippen LogP contribution in [0.4, 0.5) is 0 Å². The molecule has 1 aliphatic heterocycles. The quantitative estimate of drug-likeness (QED) is 0.905. The lowest BCUT2D eigenvalue weighted by molar-refractivity contribution is -0.135. The predicted molar refractivity (Wildman–Crippen MR) is 88.7 cm³/mol. The summed E-state index contributed by atoms with van der Waals surface area (Å²) in [5.41, 5.74) is 0.395. The fourth-order valence-corrected chi connectivity index (χ4v) is 4.36. The van der Waals surface area contributed by atoms with E-state index in [1.165, 1.54) is 38.5 Å². The minimum Gasteiger partial charge on any atom is -0.337 e. The van der Waals surface area contributed by atoms with E-state index in [0.717, 1.165) is 25.3 Å². The zero-order valence-electron chi connectivity index (χ0n) is 14.1. The van der Waals surface area contributed by atoms with Gasteiger partial charge in [-0.1, -0.05) is 6.42 Å². The van der Waals surface area contributed by atoms with Gasteiger partial charge in [0.1, 0.15) is 5.82 Å². The Morgan fingerprint density at radius 2 is 2.22 bits per heavy atom. The lowest BCUT2D eigenvalue weighted by Gasteiger charge is -2.32. The van der Waals surface area contributed by atoms with E-state index in [0.29, 0.717) is 29.8 Å². The number of rotatable bonds is 5. The van der Waals surface area contributed by atoms with Gasteiger partial charge in [-0.15, -0.1) is 0 Å². The van der Waals surface area contributed by atoms with Crippen molar-refractivity contribution in [2.75, 3.05) is 13.1 Å². The molecule has 3 fully saturated rings. The first kappa shape index (κ1) is 15.2. The molecule has 0 aromatic carbocycles. The molecule has 0 unspecified atom stereocenters. The fraction of sp³-hybridized carbons (Fsp3) is 0.778. The second kappa shape index (κ2) is 5.93. The van der Waals surface area contributed by atoms with Crippen molar-refractivity contribution in [2.24, 2.45) is 18.4 Å². The van der Waals surface area contributed by atoms with Crippen molar-refractivity contribution < 1.29 is 4.79 Å². The number of carbonyl (C=O) groups excluding carboxylic acids is 1. The smallest absolute Gasteiger partial charge is 0.223 e. The third-order valence-electron chi connectivity index (χ3n) is 6.36. The van der Waals surface area contributed by atoms with Crippen LogP contribution >= 0.6 is 0 Å². The number of aryl methyl sites for hydroxylation is 1. The number of hydrogen-bond donors (Lipinski definition) is 1. The number of imidazole rings is 1. The highest BCUT2D eigenvalue weighted by molar-refractivity contribution is 5.77. The number of piperidine rings is 1. The van der Waals surface area contributed by atoms with Crippen molar-refractivity contribution in [1.82, 2.24) is 19.8 Å². The summed E-state index contributed by atoms with van der Waals surface area (Å²) in [7, 11) is 2.02. The maximum absolute atomic E-state index is 13.0. The second-order valence-electron chi connectivity index (χ2n) is 7.81. The summed E-state index contributed by atoms with van der Waals surface area (Å²) in [6, 6.07) is 0.439. The van der Waals surface area contributed by atoms with Gasteiger partial charge in [0.15, 0.2) is 0 Å². The van der Waals surface area contributed by atoms with Gasteiger partial charge in [0.05, 0.1) is 6.54 Å². The second-order valence-corrected chi connectivity index (χ2v) is 7.81. The van der Waals surface area contributed by atoms with Gasteiger partial charge in [0.2, 0.25) is 5.91 Å². The van der Waals surface area contributed by atoms with E-state index in [1.807, 2.05) is 24.0 Å². The van der Waals surface area contributed by atoms with Crippen LogP contribution < -0.4 is 5.32 Å². The number of nitrogens with one attached hydrogen (secondary N) is 1. The van der Waals surface area contributed by atoms with Gasteiger partial charge in [0.25, 0.3) is 0 Å². The van der Waals surface area contributed by atoms with E-state index in [9.17, 15) is 4.79 Å². The van der Waals surface area contributed by atoms with Gasteiger partial charge in [-0.05, 0) is 56.5 Å². The number of hydrogen-bond acceptors (Lipinski definition) is 3. The normalized spacial score (nSPS) is 26.0. The molecular weight excluding hydrogens is 288 g/mol. The molecule has 4 rings (SSSR count). The highest BCUT2D eigenvalue weighted by Gasteiger charge is 2.57. The number of aromatic nitrogens is 2. The van der Waals surface area contributed by atoms with E-state index in [1.54, 1.807) is 0 Å². The number of amides is 1. The standard InChI is InChI=1S/C18H28N4O/c1-21-10-9-20-16(21)13-22(17(23)11-14-3-2-4-14)15-12-18(15)5-7-19-8-6-18/h9-10,14-15,19H,2-8,11-13H2,1H3/t15-/m0/s1. The average molecular weight is 316 g/mol. The minimum absolute atomic E-state index is 0.359. The predicted octanol–water partition coefficient (Wildman–Crippen LogP) is 2.08. The van der Waals surface area contributed by atoms with Crippen LogP contribution in [0.2, 0.25) is 0 Å². The van der Waals surface area contributed by atoms with Gasteiger partial charge >= 0.3 is 0 Å². The molecule has 0 bridgehead atoms. The molecule has 1 N–H and O–H groups in total. The fourth-order valence-electron chi connectivity index (χ4n) is 4.36. The Bertz CT molecular complexity index is 571. The molecule has 1 atom stereocenters. The summed E-state index contributed by atoms with van der Waals surface area (Å²) >= 11 is 0. The van der Waals surface area contributed by atoms with Crippen LogP contribution in [0.5, 0.6) is 0 Å². The molecule has 1 aromatic rings. The molecule has 2 aliphatic carbocycles. The molecule has 1 aromatic heterocycles. The maximum atomic E-state index is 13.0. The molecule has 5 nitrogen and oxygen atoms in total. The van der Waals surface area contributed by atoms with Crippen LogP contribution in [0, 0.1) is 11.3 Å². The zero-order chi connectivity index (χ0) is 15.9. The van der Waals surface area contributed by atoms with Gasteiger partial charge in [-0.25, -0.2) is 4.98 Å². The van der Waals surface area contributed by atoms with Gasteiger partial charge < -0.3 is 14.8 Å². The highest BCUT2D eigenvalue weighted by atomic mass is 16.2. The summed E-state index contributed by atoms with van der Waals surface area (Å²) in [4.78, 5) is 19.6. The van der Waals surface area contributed by atoms with Crippen LogP contribution in [0.15, 0.2) is 12.4 Å². The average Bonchev–Trinajstić information content (AvgIpc) is 3.02. The molecule has 0 radical (unpaired) electrons. The van der Waals surface area contributed by atoms with Crippen molar-refractivity contribution >= 4 is 5.91 Å². The first-order chi connectivity index (χ1) is 11.2. The molecule has 1 amide bonds. The van der Waals surface area contributed by atoms with Crippen LogP contribution in [0.25, 0.3) is 0 Å². The molecule has 126 valence electrons. The van der Waals surface area contributed by atoms with Crippen molar-refractivity contribution in [3.8, 4) is 0 Å². The maximum Gasteiger partial charge on any atom is 0.223 e. The monoisotopic (exact) mass is 316 g/mol. The van der Waals surface area contributed by atoms with Crippen molar-refractivity contribution in [2.45, 2.75) is 57.5 Å². The Hall–Kier alpha value is -1.36. The van der Waals surface area contributed by atoms with Gasteiger partial charge in [-0.2, -0.15) is 0 Å². The minimum atomic E-state index is 0.359. The molecule has 23 heavy (non-hydrogen) atoms. The van der Waals surface area contributed by atoms with E-state index in [4.69, 9.17) is 0 Å². The van der Waals surface area contributed by atoms with Crippen molar-refractivity contribution in [1.29, 1.82) is 0 Å². The molecule has 1 saturated heterocycles. The third-order valence-corrected chi connectivity index (χ3v) is 6.36. The first-order valence-electron chi connectivity index (χ1n) is 9.14. The highest BCUT2D eigenvalue weighted by Crippen LogP contribution is 2.56. The Kier molecular flexibility index (Phi) is 3.92. The van der Waals surface area contributed by atoms with E-state index < -0.39 is 0 Å². The number of nitrogens with zero attached hydrogens (tertiary/aromatic N) is 3. The third kappa shape index (κ3) is 2.91. The van der Waals surface area contributed by atoms with Crippen LogP contribution in [0.1, 0.15) is 50.8 Å². The summed E-state index contributed by atoms with van der Waals surface area (Å²) in [5.74, 6) is 2.00. The topological polar surface area (TPSA) is 50.2 Å². The van der Waals surface area contributed by atoms with Crippen LogP contribution in [0.3, 0.4) is 0 Å². The Morgan fingerprint density at radius 3 is 2.83 bits per heavy atom. The van der Waals surface area contributed by atoms with Gasteiger partial charge in [0, 0.05) is 31.9 Å². The molecule has 3 aliphatic rings. The van der Waals surface area contributed by atoms with Crippen LogP contribution in [-0.4, -0.2) is 39.5 Å².